The number of hydrogen-bond donors (Lipinski definition) is 2. The van der Waals surface area contributed by atoms with Crippen molar-refractivity contribution in [2.75, 3.05) is 20.8 Å². The Bertz CT molecular complexity index is 1750. The fourth-order valence-electron chi connectivity index (χ4n) is 5.02. The minimum Gasteiger partial charge on any atom is -0.496 e. The van der Waals surface area contributed by atoms with Crippen LogP contribution in [0.3, 0.4) is 0 Å². The first kappa shape index (κ1) is 30.7. The molecule has 44 heavy (non-hydrogen) atoms. The van der Waals surface area contributed by atoms with Gasteiger partial charge in [-0.15, -0.1) is 0 Å². The van der Waals surface area contributed by atoms with Crippen LogP contribution in [0, 0.1) is 0 Å². The third-order valence-corrected chi connectivity index (χ3v) is 8.02. The van der Waals surface area contributed by atoms with Gasteiger partial charge in [0.1, 0.15) is 11.4 Å². The van der Waals surface area contributed by atoms with Crippen LogP contribution < -0.4 is 14.8 Å². The predicted octanol–water partition coefficient (Wildman–Crippen LogP) is 5.77. The van der Waals surface area contributed by atoms with E-state index in [0.29, 0.717) is 79.8 Å². The summed E-state index contributed by atoms with van der Waals surface area (Å²) in [5.74, 6) is 0.440. The molecule has 4 aromatic rings. The number of carboxylic acid groups (broad SMARTS) is 1. The number of halogens is 2. The van der Waals surface area contributed by atoms with Gasteiger partial charge in [0.25, 0.3) is 0 Å². The van der Waals surface area contributed by atoms with Crippen LogP contribution in [0.4, 0.5) is 4.79 Å². The van der Waals surface area contributed by atoms with Crippen LogP contribution in [-0.4, -0.2) is 70.1 Å². The van der Waals surface area contributed by atoms with Crippen molar-refractivity contribution in [3.8, 4) is 45.3 Å². The number of nitrogens with one attached hydrogen (secondary N) is 1. The van der Waals surface area contributed by atoms with E-state index in [1.165, 1.54) is 25.3 Å². The van der Waals surface area contributed by atoms with Gasteiger partial charge < -0.3 is 24.8 Å². The van der Waals surface area contributed by atoms with Crippen molar-refractivity contribution in [1.82, 2.24) is 25.2 Å². The van der Waals surface area contributed by atoms with Crippen molar-refractivity contribution in [2.45, 2.75) is 25.4 Å². The van der Waals surface area contributed by atoms with Crippen LogP contribution in [0.1, 0.15) is 28.9 Å². The summed E-state index contributed by atoms with van der Waals surface area (Å²) < 4.78 is 10.8. The first-order valence-electron chi connectivity index (χ1n) is 13.5. The number of aromatic nitrogens is 3. The summed E-state index contributed by atoms with van der Waals surface area (Å²) in [6.07, 6.45) is 3.60. The molecule has 2 N–H and O–H groups in total. The molecule has 226 valence electrons. The van der Waals surface area contributed by atoms with Crippen molar-refractivity contribution >= 4 is 41.5 Å². The molecule has 2 aromatic carbocycles. The monoisotopic (exact) mass is 635 g/mol. The van der Waals surface area contributed by atoms with Crippen LogP contribution in [0.15, 0.2) is 54.9 Å². The lowest BCUT2D eigenvalue weighted by Crippen LogP contribution is -2.41. The second-order valence-electron chi connectivity index (χ2n) is 9.94. The molecule has 5 rings (SSSR count). The molecular weight excluding hydrogens is 609 g/mol. The Morgan fingerprint density at radius 2 is 1.86 bits per heavy atom. The molecular formula is C31H27Cl2N5O6. The maximum absolute atomic E-state index is 12.0. The number of ether oxygens (including phenoxy) is 2. The molecule has 1 aliphatic heterocycles. The summed E-state index contributed by atoms with van der Waals surface area (Å²) in [7, 11) is 2.90. The highest BCUT2D eigenvalue weighted by Crippen LogP contribution is 2.42. The molecule has 13 heteroatoms. The standard InChI is InChI=1S/C31H27Cl2N5O6/c1-43-25-12-17(6-7-18(25)16-39)29-28(33)21(10-11-34-29)20-4-3-5-22(27(20)32)23-13-35-24(30(37-23)44-2)15-38(31(41)42)14-19-8-9-26(40)36-19/h3-7,10-13,16,19H,8-9,14-15H2,1-2H3,(H,36,40)(H,41,42)/t19-/m0/s1. The normalized spacial score (nSPS) is 14.2. The molecule has 11 nitrogen and oxygen atoms in total. The second-order valence-corrected chi connectivity index (χ2v) is 10.7. The van der Waals surface area contributed by atoms with E-state index in [0.717, 1.165) is 0 Å². The third kappa shape index (κ3) is 6.29. The molecule has 1 saturated heterocycles. The molecule has 1 atom stereocenters. The van der Waals surface area contributed by atoms with E-state index in [1.54, 1.807) is 42.6 Å². The Hall–Kier alpha value is -4.74. The zero-order valence-corrected chi connectivity index (χ0v) is 25.2. The number of pyridine rings is 1. The molecule has 0 spiro atoms. The molecule has 0 bridgehead atoms. The van der Waals surface area contributed by atoms with Gasteiger partial charge in [-0.05, 0) is 24.6 Å². The minimum atomic E-state index is -1.15. The number of hydrogen-bond acceptors (Lipinski definition) is 8. The molecule has 0 saturated carbocycles. The molecule has 2 aromatic heterocycles. The van der Waals surface area contributed by atoms with Crippen molar-refractivity contribution in [3.63, 3.8) is 0 Å². The highest BCUT2D eigenvalue weighted by Gasteiger charge is 2.27. The zero-order valence-electron chi connectivity index (χ0n) is 23.7. The van der Waals surface area contributed by atoms with Crippen molar-refractivity contribution in [1.29, 1.82) is 0 Å². The van der Waals surface area contributed by atoms with Gasteiger partial charge in [-0.1, -0.05) is 47.5 Å². The van der Waals surface area contributed by atoms with Gasteiger partial charge in [0.15, 0.2) is 6.29 Å². The Kier molecular flexibility index (Phi) is 9.26. The molecule has 3 heterocycles. The Balaban J connectivity index is 1.46. The summed E-state index contributed by atoms with van der Waals surface area (Å²) in [4.78, 5) is 49.5. The van der Waals surface area contributed by atoms with E-state index < -0.39 is 6.09 Å². The van der Waals surface area contributed by atoms with Crippen LogP contribution in [-0.2, 0) is 11.3 Å². The van der Waals surface area contributed by atoms with Crippen LogP contribution in [0.2, 0.25) is 10.0 Å². The van der Waals surface area contributed by atoms with Gasteiger partial charge >= 0.3 is 6.09 Å². The number of carbonyl (C=O) groups is 3. The molecule has 1 fully saturated rings. The zero-order chi connectivity index (χ0) is 31.4. The van der Waals surface area contributed by atoms with Crippen LogP contribution >= 0.6 is 23.2 Å². The second kappa shape index (κ2) is 13.3. The van der Waals surface area contributed by atoms with Crippen molar-refractivity contribution in [3.05, 3.63) is 76.2 Å². The lowest BCUT2D eigenvalue weighted by molar-refractivity contribution is -0.119. The average molecular weight is 636 g/mol. The van der Waals surface area contributed by atoms with Gasteiger partial charge in [-0.2, -0.15) is 0 Å². The lowest BCUT2D eigenvalue weighted by Gasteiger charge is -2.23. The van der Waals surface area contributed by atoms with Gasteiger partial charge in [-0.3, -0.25) is 19.6 Å². The smallest absolute Gasteiger partial charge is 0.407 e. The predicted molar refractivity (Wildman–Crippen MR) is 164 cm³/mol. The summed E-state index contributed by atoms with van der Waals surface area (Å²) in [6.45, 7) is 0.0319. The maximum atomic E-state index is 12.0. The van der Waals surface area contributed by atoms with Crippen molar-refractivity contribution in [2.24, 2.45) is 0 Å². The summed E-state index contributed by atoms with van der Waals surface area (Å²) in [6, 6.07) is 11.9. The molecule has 0 unspecified atom stereocenters. The average Bonchev–Trinajstić information content (AvgIpc) is 3.45. The SMILES string of the molecule is COc1cc(-c2nccc(-c3cccc(-c4cnc(CN(C[C@@H]5CCC(=O)N5)C(=O)O)c(OC)n4)c3Cl)c2Cl)ccc1C=O. The molecule has 0 aliphatic carbocycles. The number of methoxy groups -OCH3 is 2. The van der Waals surface area contributed by atoms with Gasteiger partial charge in [-0.25, -0.2) is 9.78 Å². The van der Waals surface area contributed by atoms with E-state index in [1.807, 2.05) is 6.07 Å². The topological polar surface area (TPSA) is 144 Å². The Labute approximate surface area is 262 Å². The Morgan fingerprint density at radius 3 is 2.55 bits per heavy atom. The van der Waals surface area contributed by atoms with E-state index in [4.69, 9.17) is 32.7 Å². The fourth-order valence-corrected chi connectivity index (χ4v) is 5.66. The number of nitrogens with zero attached hydrogens (tertiary/aromatic N) is 4. The summed E-state index contributed by atoms with van der Waals surface area (Å²) in [5.41, 5.74) is 4.05. The maximum Gasteiger partial charge on any atom is 0.407 e. The first-order chi connectivity index (χ1) is 21.2. The number of carbonyl (C=O) groups excluding carboxylic acids is 2. The Morgan fingerprint density at radius 1 is 1.09 bits per heavy atom. The number of amides is 2. The quantitative estimate of drug-likeness (QED) is 0.208. The highest BCUT2D eigenvalue weighted by molar-refractivity contribution is 6.39. The fraction of sp³-hybridized carbons (Fsp3) is 0.226. The third-order valence-electron chi connectivity index (χ3n) is 7.23. The summed E-state index contributed by atoms with van der Waals surface area (Å²) >= 11 is 13.8. The van der Waals surface area contributed by atoms with Gasteiger partial charge in [0, 0.05) is 47.5 Å². The number of rotatable bonds is 10. The van der Waals surface area contributed by atoms with E-state index in [2.05, 4.69) is 20.3 Å². The van der Waals surface area contributed by atoms with Crippen LogP contribution in [0.25, 0.3) is 33.6 Å². The molecule has 0 radical (unpaired) electrons. The number of benzene rings is 2. The number of aldehydes is 1. The summed E-state index contributed by atoms with van der Waals surface area (Å²) in [5, 5.41) is 13.2. The van der Waals surface area contributed by atoms with Gasteiger partial charge in [0.05, 0.1) is 54.0 Å². The molecule has 1 aliphatic rings. The van der Waals surface area contributed by atoms with Gasteiger partial charge in [0.2, 0.25) is 11.8 Å². The van der Waals surface area contributed by atoms with E-state index in [-0.39, 0.29) is 30.9 Å². The minimum absolute atomic E-state index is 0.0834. The largest absolute Gasteiger partial charge is 0.496 e. The lowest BCUT2D eigenvalue weighted by atomic mass is 9.99. The first-order valence-corrected chi connectivity index (χ1v) is 14.2. The van der Waals surface area contributed by atoms with E-state index in [9.17, 15) is 19.5 Å². The van der Waals surface area contributed by atoms with Crippen molar-refractivity contribution < 1.29 is 29.0 Å². The van der Waals surface area contributed by atoms with Crippen LogP contribution in [0.5, 0.6) is 11.6 Å². The van der Waals surface area contributed by atoms with E-state index >= 15 is 0 Å². The molecule has 2 amide bonds. The highest BCUT2D eigenvalue weighted by atomic mass is 35.5.